The van der Waals surface area contributed by atoms with E-state index in [0.717, 1.165) is 48.2 Å². The van der Waals surface area contributed by atoms with Gasteiger partial charge in [-0.2, -0.15) is 4.98 Å². The molecule has 0 atom stereocenters. The Morgan fingerprint density at radius 1 is 1.03 bits per heavy atom. The number of hydrogen-bond acceptors (Lipinski definition) is 8. The minimum Gasteiger partial charge on any atom is -0.356 e. The number of pyridine rings is 1. The normalized spacial score (nSPS) is 14.9. The van der Waals surface area contributed by atoms with Gasteiger partial charge in [-0.25, -0.2) is 15.0 Å². The molecule has 4 aromatic rings. The first-order chi connectivity index (χ1) is 14.7. The van der Waals surface area contributed by atoms with Crippen LogP contribution in [-0.2, 0) is 0 Å². The van der Waals surface area contributed by atoms with Crippen molar-refractivity contribution in [2.24, 2.45) is 0 Å². The lowest BCUT2D eigenvalue weighted by Crippen LogP contribution is -2.40. The highest BCUT2D eigenvalue weighted by Gasteiger charge is 2.25. The molecule has 0 amide bonds. The topological polar surface area (TPSA) is 92.9 Å². The molecule has 1 N–H and O–H groups in total. The number of nitrogens with zero attached hydrogens (tertiary/aromatic N) is 6. The van der Waals surface area contributed by atoms with Crippen LogP contribution in [0.15, 0.2) is 47.2 Å². The Hall–Kier alpha value is -3.55. The summed E-state index contributed by atoms with van der Waals surface area (Å²) in [6, 6.07) is 10.6. The Kier molecular flexibility index (Phi) is 4.74. The third-order valence-electron chi connectivity index (χ3n) is 5.40. The zero-order chi connectivity index (χ0) is 20.5. The summed E-state index contributed by atoms with van der Waals surface area (Å²) < 4.78 is 5.50. The van der Waals surface area contributed by atoms with Crippen molar-refractivity contribution in [3.63, 3.8) is 0 Å². The summed E-state index contributed by atoms with van der Waals surface area (Å²) in [5.41, 5.74) is 3.04. The summed E-state index contributed by atoms with van der Waals surface area (Å²) in [5, 5.41) is 8.48. The standard InChI is InChI=1S/C22H23N7O/c1-14-4-5-19-16(12-14)13-18(21-25-15(2)28-30-21)20(27-19)29-10-6-17(7-11-29)26-22-23-8-3-9-24-22/h3-5,8-9,12-13,17H,6-7,10-11H2,1-2H3,(H,23,24,26). The molecule has 30 heavy (non-hydrogen) atoms. The number of nitrogens with one attached hydrogen (secondary N) is 1. The van der Waals surface area contributed by atoms with Gasteiger partial charge in [0, 0.05) is 36.9 Å². The minimum absolute atomic E-state index is 0.334. The lowest BCUT2D eigenvalue weighted by atomic mass is 10.0. The Morgan fingerprint density at radius 3 is 2.57 bits per heavy atom. The molecule has 8 nitrogen and oxygen atoms in total. The van der Waals surface area contributed by atoms with Crippen molar-refractivity contribution >= 4 is 22.7 Å². The highest BCUT2D eigenvalue weighted by molar-refractivity contribution is 5.88. The maximum atomic E-state index is 5.50. The third kappa shape index (κ3) is 3.68. The second kappa shape index (κ2) is 7.70. The number of hydrogen-bond donors (Lipinski definition) is 1. The average Bonchev–Trinajstić information content (AvgIpc) is 3.20. The van der Waals surface area contributed by atoms with Crippen LogP contribution < -0.4 is 10.2 Å². The van der Waals surface area contributed by atoms with E-state index in [4.69, 9.17) is 9.51 Å². The van der Waals surface area contributed by atoms with E-state index in [1.54, 1.807) is 12.4 Å². The molecule has 5 rings (SSSR count). The molecule has 1 aliphatic heterocycles. The van der Waals surface area contributed by atoms with Crippen LogP contribution in [0.4, 0.5) is 11.8 Å². The molecular formula is C22H23N7O. The van der Waals surface area contributed by atoms with Crippen molar-refractivity contribution < 1.29 is 4.52 Å². The van der Waals surface area contributed by atoms with Gasteiger partial charge in [-0.05, 0) is 51.0 Å². The number of rotatable bonds is 4. The SMILES string of the molecule is Cc1ccc2nc(N3CCC(Nc4ncccn4)CC3)c(-c3nc(C)no3)cc2c1. The first-order valence-electron chi connectivity index (χ1n) is 10.2. The van der Waals surface area contributed by atoms with Gasteiger partial charge in [-0.3, -0.25) is 0 Å². The zero-order valence-electron chi connectivity index (χ0n) is 17.0. The van der Waals surface area contributed by atoms with Gasteiger partial charge in [0.25, 0.3) is 5.89 Å². The molecule has 1 saturated heterocycles. The number of benzene rings is 1. The van der Waals surface area contributed by atoms with Crippen LogP contribution in [0.25, 0.3) is 22.4 Å². The number of fused-ring (bicyclic) bond motifs is 1. The summed E-state index contributed by atoms with van der Waals surface area (Å²) >= 11 is 0. The van der Waals surface area contributed by atoms with E-state index in [1.165, 1.54) is 5.56 Å². The molecule has 4 heterocycles. The van der Waals surface area contributed by atoms with Crippen LogP contribution in [0.1, 0.15) is 24.2 Å². The van der Waals surface area contributed by atoms with Gasteiger partial charge in [0.2, 0.25) is 5.95 Å². The van der Waals surface area contributed by atoms with Crippen molar-refractivity contribution in [2.45, 2.75) is 32.7 Å². The second-order valence-electron chi connectivity index (χ2n) is 7.68. The van der Waals surface area contributed by atoms with Crippen molar-refractivity contribution in [1.82, 2.24) is 25.1 Å². The molecule has 0 radical (unpaired) electrons. The molecule has 1 fully saturated rings. The summed E-state index contributed by atoms with van der Waals surface area (Å²) in [4.78, 5) is 20.3. The Bertz CT molecular complexity index is 1170. The number of aromatic nitrogens is 5. The van der Waals surface area contributed by atoms with E-state index in [9.17, 15) is 0 Å². The Labute approximate surface area is 174 Å². The molecule has 0 aliphatic carbocycles. The van der Waals surface area contributed by atoms with Crippen LogP contribution in [-0.4, -0.2) is 44.2 Å². The number of anilines is 2. The molecule has 0 unspecified atom stereocenters. The van der Waals surface area contributed by atoms with Gasteiger partial charge in [0.1, 0.15) is 5.82 Å². The van der Waals surface area contributed by atoms with Gasteiger partial charge in [-0.15, -0.1) is 0 Å². The van der Waals surface area contributed by atoms with Crippen molar-refractivity contribution in [3.05, 3.63) is 54.1 Å². The fraction of sp³-hybridized carbons (Fsp3) is 0.318. The third-order valence-corrected chi connectivity index (χ3v) is 5.40. The van der Waals surface area contributed by atoms with Crippen LogP contribution in [0, 0.1) is 13.8 Å². The van der Waals surface area contributed by atoms with Crippen LogP contribution in [0.2, 0.25) is 0 Å². The predicted octanol–water partition coefficient (Wildman–Crippen LogP) is 3.77. The summed E-state index contributed by atoms with van der Waals surface area (Å²) in [5.74, 6) is 2.70. The smallest absolute Gasteiger partial charge is 0.261 e. The molecular weight excluding hydrogens is 378 g/mol. The lowest BCUT2D eigenvalue weighted by molar-refractivity contribution is 0.425. The molecule has 0 bridgehead atoms. The van der Waals surface area contributed by atoms with Gasteiger partial charge in [0.05, 0.1) is 11.1 Å². The van der Waals surface area contributed by atoms with E-state index < -0.39 is 0 Å². The zero-order valence-corrected chi connectivity index (χ0v) is 17.0. The van der Waals surface area contributed by atoms with Gasteiger partial charge in [-0.1, -0.05) is 16.8 Å². The van der Waals surface area contributed by atoms with Crippen LogP contribution in [0.5, 0.6) is 0 Å². The first kappa shape index (κ1) is 18.5. The fourth-order valence-corrected chi connectivity index (χ4v) is 3.88. The number of aryl methyl sites for hydroxylation is 2. The molecule has 3 aromatic heterocycles. The van der Waals surface area contributed by atoms with Gasteiger partial charge < -0.3 is 14.7 Å². The van der Waals surface area contributed by atoms with Crippen molar-refractivity contribution in [2.75, 3.05) is 23.3 Å². The van der Waals surface area contributed by atoms with Gasteiger partial charge >= 0.3 is 0 Å². The Balaban J connectivity index is 1.44. The summed E-state index contributed by atoms with van der Waals surface area (Å²) in [7, 11) is 0. The predicted molar refractivity (Wildman–Crippen MR) is 115 cm³/mol. The van der Waals surface area contributed by atoms with Gasteiger partial charge in [0.15, 0.2) is 5.82 Å². The van der Waals surface area contributed by atoms with E-state index in [-0.39, 0.29) is 0 Å². The minimum atomic E-state index is 0.334. The summed E-state index contributed by atoms with van der Waals surface area (Å²) in [6.45, 7) is 5.65. The quantitative estimate of drug-likeness (QED) is 0.552. The van der Waals surface area contributed by atoms with E-state index >= 15 is 0 Å². The first-order valence-corrected chi connectivity index (χ1v) is 10.2. The van der Waals surface area contributed by atoms with E-state index in [2.05, 4.69) is 61.5 Å². The second-order valence-corrected chi connectivity index (χ2v) is 7.68. The molecule has 0 spiro atoms. The highest BCUT2D eigenvalue weighted by Crippen LogP contribution is 2.33. The molecule has 0 saturated carbocycles. The van der Waals surface area contributed by atoms with Crippen LogP contribution in [0.3, 0.4) is 0 Å². The Morgan fingerprint density at radius 2 is 1.83 bits per heavy atom. The van der Waals surface area contributed by atoms with E-state index in [0.29, 0.717) is 23.7 Å². The summed E-state index contributed by atoms with van der Waals surface area (Å²) in [6.07, 6.45) is 5.44. The van der Waals surface area contributed by atoms with Crippen LogP contribution >= 0.6 is 0 Å². The molecule has 8 heteroatoms. The van der Waals surface area contributed by atoms with Crippen molar-refractivity contribution in [1.29, 1.82) is 0 Å². The van der Waals surface area contributed by atoms with E-state index in [1.807, 2.05) is 13.0 Å². The number of piperidine rings is 1. The molecule has 152 valence electrons. The van der Waals surface area contributed by atoms with Crippen molar-refractivity contribution in [3.8, 4) is 11.5 Å². The molecule has 1 aliphatic rings. The molecule has 1 aromatic carbocycles. The monoisotopic (exact) mass is 401 g/mol. The largest absolute Gasteiger partial charge is 0.356 e. The fourth-order valence-electron chi connectivity index (χ4n) is 3.88. The highest BCUT2D eigenvalue weighted by atomic mass is 16.5. The average molecular weight is 401 g/mol. The lowest BCUT2D eigenvalue weighted by Gasteiger charge is -2.34. The maximum Gasteiger partial charge on any atom is 0.261 e. The maximum absolute atomic E-state index is 5.50.